The molecule has 1 amide bonds. The van der Waals surface area contributed by atoms with Crippen molar-refractivity contribution < 1.29 is 4.79 Å². The van der Waals surface area contributed by atoms with E-state index < -0.39 is 0 Å². The quantitative estimate of drug-likeness (QED) is 0.739. The molecule has 1 atom stereocenters. The normalized spacial score (nSPS) is 19.8. The number of carbonyl (C=O) groups is 1. The van der Waals surface area contributed by atoms with Crippen LogP contribution in [0.2, 0.25) is 0 Å². The lowest BCUT2D eigenvalue weighted by atomic mass is 10.1. The molecular formula is C14H13ClN2O. The van der Waals surface area contributed by atoms with Crippen molar-refractivity contribution in [3.8, 4) is 0 Å². The van der Waals surface area contributed by atoms with Crippen molar-refractivity contribution in [1.29, 1.82) is 0 Å². The summed E-state index contributed by atoms with van der Waals surface area (Å²) in [4.78, 5) is 18.0. The van der Waals surface area contributed by atoms with Crippen molar-refractivity contribution in [2.24, 2.45) is 0 Å². The van der Waals surface area contributed by atoms with Crippen LogP contribution >= 0.6 is 11.6 Å². The van der Waals surface area contributed by atoms with Gasteiger partial charge in [0.25, 0.3) is 0 Å². The van der Waals surface area contributed by atoms with Crippen LogP contribution in [0, 0.1) is 6.92 Å². The highest BCUT2D eigenvalue weighted by molar-refractivity contribution is 6.24. The van der Waals surface area contributed by atoms with Gasteiger partial charge in [0.15, 0.2) is 0 Å². The first-order chi connectivity index (χ1) is 8.63. The van der Waals surface area contributed by atoms with Crippen molar-refractivity contribution in [2.75, 3.05) is 11.4 Å². The first kappa shape index (κ1) is 11.5. The molecule has 0 spiro atoms. The van der Waals surface area contributed by atoms with E-state index in [1.165, 1.54) is 0 Å². The lowest BCUT2D eigenvalue weighted by Crippen LogP contribution is -2.24. The molecule has 1 aliphatic heterocycles. The zero-order chi connectivity index (χ0) is 12.7. The summed E-state index contributed by atoms with van der Waals surface area (Å²) in [7, 11) is 0. The van der Waals surface area contributed by atoms with Crippen LogP contribution in [0.1, 0.15) is 12.1 Å². The summed E-state index contributed by atoms with van der Waals surface area (Å²) in [5.74, 6) is 0.0921. The van der Waals surface area contributed by atoms with Crippen molar-refractivity contribution in [2.45, 2.75) is 18.7 Å². The summed E-state index contributed by atoms with van der Waals surface area (Å²) in [6, 6.07) is 9.88. The molecule has 1 unspecified atom stereocenters. The third-order valence-corrected chi connectivity index (χ3v) is 3.49. The minimum atomic E-state index is -0.0793. The second-order valence-electron chi connectivity index (χ2n) is 4.64. The van der Waals surface area contributed by atoms with Crippen molar-refractivity contribution in [1.82, 2.24) is 4.98 Å². The highest BCUT2D eigenvalue weighted by atomic mass is 35.5. The summed E-state index contributed by atoms with van der Waals surface area (Å²) >= 11 is 6.02. The maximum absolute atomic E-state index is 11.8. The third-order valence-electron chi connectivity index (χ3n) is 3.20. The van der Waals surface area contributed by atoms with Crippen molar-refractivity contribution >= 4 is 34.1 Å². The molecule has 3 nitrogen and oxygen atoms in total. The average Bonchev–Trinajstić information content (AvgIpc) is 2.68. The van der Waals surface area contributed by atoms with Crippen LogP contribution in [0.4, 0.5) is 5.69 Å². The van der Waals surface area contributed by atoms with Crippen molar-refractivity contribution in [3.63, 3.8) is 0 Å². The lowest BCUT2D eigenvalue weighted by Gasteiger charge is -2.16. The van der Waals surface area contributed by atoms with Crippen LogP contribution in [0.15, 0.2) is 30.3 Å². The number of aryl methyl sites for hydroxylation is 1. The molecule has 0 N–H and O–H groups in total. The fourth-order valence-corrected chi connectivity index (χ4v) is 2.57. The predicted molar refractivity (Wildman–Crippen MR) is 73.1 cm³/mol. The van der Waals surface area contributed by atoms with Crippen LogP contribution in [0.3, 0.4) is 0 Å². The molecule has 2 heterocycles. The molecule has 1 fully saturated rings. The van der Waals surface area contributed by atoms with Crippen LogP contribution in [0.5, 0.6) is 0 Å². The van der Waals surface area contributed by atoms with Gasteiger partial charge in [0.05, 0.1) is 10.9 Å². The van der Waals surface area contributed by atoms with Crippen LogP contribution < -0.4 is 4.90 Å². The summed E-state index contributed by atoms with van der Waals surface area (Å²) < 4.78 is 0. The monoisotopic (exact) mass is 260 g/mol. The summed E-state index contributed by atoms with van der Waals surface area (Å²) in [5, 5.41) is 0.966. The Balaban J connectivity index is 2.03. The molecule has 0 bridgehead atoms. The average molecular weight is 261 g/mol. The molecule has 3 rings (SSSR count). The van der Waals surface area contributed by atoms with Gasteiger partial charge in [-0.05, 0) is 31.2 Å². The molecule has 2 aromatic rings. The molecule has 0 radical (unpaired) electrons. The maximum atomic E-state index is 11.8. The summed E-state index contributed by atoms with van der Waals surface area (Å²) in [6.07, 6.45) is 0.422. The maximum Gasteiger partial charge on any atom is 0.228 e. The fraction of sp³-hybridized carbons (Fsp3) is 0.286. The number of amides is 1. The van der Waals surface area contributed by atoms with Gasteiger partial charge in [0.2, 0.25) is 5.91 Å². The number of carbonyl (C=O) groups excluding carboxylic acids is 1. The van der Waals surface area contributed by atoms with E-state index in [9.17, 15) is 4.79 Å². The molecule has 1 aromatic heterocycles. The Labute approximate surface area is 110 Å². The first-order valence-corrected chi connectivity index (χ1v) is 6.39. The zero-order valence-corrected chi connectivity index (χ0v) is 10.8. The summed E-state index contributed by atoms with van der Waals surface area (Å²) in [5.41, 5.74) is 2.85. The number of nitrogens with zero attached hydrogens (tertiary/aromatic N) is 2. The van der Waals surface area contributed by atoms with E-state index in [1.54, 1.807) is 4.90 Å². The molecule has 1 aliphatic rings. The van der Waals surface area contributed by atoms with E-state index in [0.29, 0.717) is 13.0 Å². The van der Waals surface area contributed by atoms with Gasteiger partial charge in [-0.3, -0.25) is 9.78 Å². The van der Waals surface area contributed by atoms with E-state index in [-0.39, 0.29) is 11.3 Å². The summed E-state index contributed by atoms with van der Waals surface area (Å²) in [6.45, 7) is 2.56. The number of fused-ring (bicyclic) bond motifs is 1. The number of hydrogen-bond donors (Lipinski definition) is 0. The fourth-order valence-electron chi connectivity index (χ4n) is 2.30. The molecule has 0 aliphatic carbocycles. The Morgan fingerprint density at radius 2 is 2.17 bits per heavy atom. The van der Waals surface area contributed by atoms with Gasteiger partial charge in [0, 0.05) is 29.7 Å². The molecule has 1 aromatic carbocycles. The topological polar surface area (TPSA) is 33.2 Å². The molecule has 92 valence electrons. The van der Waals surface area contributed by atoms with Gasteiger partial charge < -0.3 is 4.90 Å². The number of hydrogen-bond acceptors (Lipinski definition) is 2. The highest BCUT2D eigenvalue weighted by Crippen LogP contribution is 2.27. The highest BCUT2D eigenvalue weighted by Gasteiger charge is 2.29. The van der Waals surface area contributed by atoms with E-state index in [2.05, 4.69) is 4.98 Å². The number of aromatic nitrogens is 1. The lowest BCUT2D eigenvalue weighted by molar-refractivity contribution is -0.117. The van der Waals surface area contributed by atoms with E-state index in [4.69, 9.17) is 11.6 Å². The molecule has 1 saturated heterocycles. The van der Waals surface area contributed by atoms with Gasteiger partial charge in [-0.25, -0.2) is 0 Å². The smallest absolute Gasteiger partial charge is 0.228 e. The van der Waals surface area contributed by atoms with Crippen molar-refractivity contribution in [3.05, 3.63) is 36.0 Å². The van der Waals surface area contributed by atoms with E-state index in [1.807, 2.05) is 37.3 Å². The SMILES string of the molecule is Cc1ccc2cc(N3CC(Cl)CC3=O)ccc2n1. The van der Waals surface area contributed by atoms with Gasteiger partial charge in [0.1, 0.15) is 0 Å². The van der Waals surface area contributed by atoms with Gasteiger partial charge in [-0.2, -0.15) is 0 Å². The van der Waals surface area contributed by atoms with E-state index >= 15 is 0 Å². The van der Waals surface area contributed by atoms with Gasteiger partial charge >= 0.3 is 0 Å². The second-order valence-corrected chi connectivity index (χ2v) is 5.25. The van der Waals surface area contributed by atoms with Crippen LogP contribution in [0.25, 0.3) is 10.9 Å². The number of alkyl halides is 1. The Hall–Kier alpha value is -1.61. The minimum Gasteiger partial charge on any atom is -0.311 e. The Bertz CT molecular complexity index is 626. The second kappa shape index (κ2) is 4.25. The number of benzene rings is 1. The van der Waals surface area contributed by atoms with Gasteiger partial charge in [-0.15, -0.1) is 11.6 Å². The Kier molecular flexibility index (Phi) is 2.71. The van der Waals surface area contributed by atoms with Gasteiger partial charge in [-0.1, -0.05) is 6.07 Å². The molecule has 18 heavy (non-hydrogen) atoms. The first-order valence-electron chi connectivity index (χ1n) is 5.95. The number of halogens is 1. The number of pyridine rings is 1. The van der Waals surface area contributed by atoms with E-state index in [0.717, 1.165) is 22.3 Å². The largest absolute Gasteiger partial charge is 0.311 e. The van der Waals surface area contributed by atoms with Crippen LogP contribution in [-0.2, 0) is 4.79 Å². The Morgan fingerprint density at radius 1 is 1.33 bits per heavy atom. The molecule has 4 heteroatoms. The van der Waals surface area contributed by atoms with Crippen LogP contribution in [-0.4, -0.2) is 22.8 Å². The standard InChI is InChI=1S/C14H13ClN2O/c1-9-2-3-10-6-12(4-5-13(10)16-9)17-8-11(15)7-14(17)18/h2-6,11H,7-8H2,1H3. The minimum absolute atomic E-state index is 0.0793. The predicted octanol–water partition coefficient (Wildman–Crippen LogP) is 2.89. The number of rotatable bonds is 1. The zero-order valence-electron chi connectivity index (χ0n) is 10.1. The third kappa shape index (κ3) is 1.95. The molecule has 0 saturated carbocycles. The number of anilines is 1. The molecular weight excluding hydrogens is 248 g/mol. The Morgan fingerprint density at radius 3 is 2.89 bits per heavy atom.